The maximum Gasteiger partial charge on any atom is 0.328 e. The standard InChI is InChI=1S/C10H18N2O3S/c1-15-9(13)8(5-6-16-2)12-10(14)11-7-3-4-7/h7-8H,3-6H2,1-2H3,(H2,11,12,14)/t8-/m1/s1. The fraction of sp³-hybridized carbons (Fsp3) is 0.800. The third-order valence-corrected chi connectivity index (χ3v) is 2.96. The number of thioether (sulfide) groups is 1. The minimum atomic E-state index is -0.545. The zero-order valence-electron chi connectivity index (χ0n) is 9.62. The van der Waals surface area contributed by atoms with E-state index in [0.29, 0.717) is 12.5 Å². The summed E-state index contributed by atoms with van der Waals surface area (Å²) in [5.74, 6) is 0.420. The van der Waals surface area contributed by atoms with Crippen LogP contribution in [0, 0.1) is 0 Å². The molecule has 0 aromatic heterocycles. The summed E-state index contributed by atoms with van der Waals surface area (Å²) in [5, 5.41) is 5.41. The van der Waals surface area contributed by atoms with Crippen molar-refractivity contribution >= 4 is 23.8 Å². The molecule has 0 spiro atoms. The second-order valence-corrected chi connectivity index (χ2v) is 4.73. The summed E-state index contributed by atoms with van der Waals surface area (Å²) in [4.78, 5) is 22.8. The van der Waals surface area contributed by atoms with Crippen molar-refractivity contribution in [1.29, 1.82) is 0 Å². The van der Waals surface area contributed by atoms with Crippen molar-refractivity contribution in [1.82, 2.24) is 10.6 Å². The summed E-state index contributed by atoms with van der Waals surface area (Å²) in [6.07, 6.45) is 4.60. The van der Waals surface area contributed by atoms with Crippen LogP contribution >= 0.6 is 11.8 Å². The Morgan fingerprint density at radius 1 is 1.50 bits per heavy atom. The lowest BCUT2D eigenvalue weighted by Crippen LogP contribution is -2.47. The van der Waals surface area contributed by atoms with Crippen LogP contribution in [-0.2, 0) is 9.53 Å². The molecular formula is C10H18N2O3S. The van der Waals surface area contributed by atoms with Crippen LogP contribution in [0.15, 0.2) is 0 Å². The fourth-order valence-electron chi connectivity index (χ4n) is 1.24. The lowest BCUT2D eigenvalue weighted by molar-refractivity contribution is -0.142. The van der Waals surface area contributed by atoms with Gasteiger partial charge in [0.15, 0.2) is 0 Å². The van der Waals surface area contributed by atoms with Gasteiger partial charge in [-0.3, -0.25) is 0 Å². The molecule has 0 unspecified atom stereocenters. The molecule has 0 saturated heterocycles. The molecule has 16 heavy (non-hydrogen) atoms. The molecule has 6 heteroatoms. The van der Waals surface area contributed by atoms with Crippen molar-refractivity contribution in [2.45, 2.75) is 31.3 Å². The van der Waals surface area contributed by atoms with Crippen molar-refractivity contribution in [3.05, 3.63) is 0 Å². The molecule has 0 heterocycles. The van der Waals surface area contributed by atoms with Gasteiger partial charge >= 0.3 is 12.0 Å². The maximum atomic E-state index is 11.5. The van der Waals surface area contributed by atoms with E-state index < -0.39 is 6.04 Å². The van der Waals surface area contributed by atoms with Crippen LogP contribution in [0.4, 0.5) is 4.79 Å². The highest BCUT2D eigenvalue weighted by Gasteiger charge is 2.26. The van der Waals surface area contributed by atoms with Crippen LogP contribution in [-0.4, -0.2) is 43.2 Å². The molecule has 1 fully saturated rings. The van der Waals surface area contributed by atoms with Crippen LogP contribution in [0.1, 0.15) is 19.3 Å². The van der Waals surface area contributed by atoms with Gasteiger partial charge in [-0.05, 0) is 31.3 Å². The Morgan fingerprint density at radius 2 is 2.19 bits per heavy atom. The number of carbonyl (C=O) groups is 2. The topological polar surface area (TPSA) is 67.4 Å². The van der Waals surface area contributed by atoms with E-state index in [4.69, 9.17) is 0 Å². The normalized spacial score (nSPS) is 16.4. The van der Waals surface area contributed by atoms with E-state index in [-0.39, 0.29) is 12.0 Å². The smallest absolute Gasteiger partial charge is 0.328 e. The van der Waals surface area contributed by atoms with Crippen molar-refractivity contribution in [3.63, 3.8) is 0 Å². The molecular weight excluding hydrogens is 228 g/mol. The largest absolute Gasteiger partial charge is 0.467 e. The summed E-state index contributed by atoms with van der Waals surface area (Å²) in [5.41, 5.74) is 0. The van der Waals surface area contributed by atoms with Crippen molar-refractivity contribution in [2.24, 2.45) is 0 Å². The van der Waals surface area contributed by atoms with E-state index in [1.54, 1.807) is 11.8 Å². The summed E-state index contributed by atoms with van der Waals surface area (Å²) in [6.45, 7) is 0. The first kappa shape index (κ1) is 13.2. The van der Waals surface area contributed by atoms with Crippen molar-refractivity contribution in [2.75, 3.05) is 19.1 Å². The Kier molecular flexibility index (Phi) is 5.45. The van der Waals surface area contributed by atoms with E-state index in [2.05, 4.69) is 15.4 Å². The van der Waals surface area contributed by atoms with E-state index in [0.717, 1.165) is 18.6 Å². The Morgan fingerprint density at radius 3 is 2.69 bits per heavy atom. The van der Waals surface area contributed by atoms with E-state index in [1.165, 1.54) is 7.11 Å². The summed E-state index contributed by atoms with van der Waals surface area (Å²) in [6, 6.07) is -0.533. The predicted octanol–water partition coefficient (Wildman–Crippen LogP) is 0.743. The minimum absolute atomic E-state index is 0.279. The monoisotopic (exact) mass is 246 g/mol. The van der Waals surface area contributed by atoms with Gasteiger partial charge in [0.05, 0.1) is 7.11 Å². The Hall–Kier alpha value is -0.910. The molecule has 0 aromatic rings. The number of urea groups is 1. The molecule has 1 aliphatic carbocycles. The predicted molar refractivity (Wildman–Crippen MR) is 63.5 cm³/mol. The molecule has 1 saturated carbocycles. The first-order valence-electron chi connectivity index (χ1n) is 5.31. The number of hydrogen-bond acceptors (Lipinski definition) is 4. The average Bonchev–Trinajstić information content (AvgIpc) is 3.06. The fourth-order valence-corrected chi connectivity index (χ4v) is 1.71. The zero-order chi connectivity index (χ0) is 12.0. The number of hydrogen-bond donors (Lipinski definition) is 2. The lowest BCUT2D eigenvalue weighted by Gasteiger charge is -2.16. The average molecular weight is 246 g/mol. The van der Waals surface area contributed by atoms with Gasteiger partial charge in [0.2, 0.25) is 0 Å². The Balaban J connectivity index is 2.34. The van der Waals surface area contributed by atoms with Gasteiger partial charge in [0.1, 0.15) is 6.04 Å². The lowest BCUT2D eigenvalue weighted by atomic mass is 10.2. The maximum absolute atomic E-state index is 11.5. The molecule has 0 aromatic carbocycles. The summed E-state index contributed by atoms with van der Waals surface area (Å²) in [7, 11) is 1.33. The Labute approximate surface area is 99.7 Å². The first-order chi connectivity index (χ1) is 7.67. The van der Waals surface area contributed by atoms with Gasteiger partial charge in [0.25, 0.3) is 0 Å². The highest BCUT2D eigenvalue weighted by molar-refractivity contribution is 7.98. The van der Waals surface area contributed by atoms with Crippen molar-refractivity contribution in [3.8, 4) is 0 Å². The van der Waals surface area contributed by atoms with Gasteiger partial charge in [-0.25, -0.2) is 9.59 Å². The number of ether oxygens (including phenoxy) is 1. The van der Waals surface area contributed by atoms with Crippen molar-refractivity contribution < 1.29 is 14.3 Å². The number of nitrogens with one attached hydrogen (secondary N) is 2. The SMILES string of the molecule is COC(=O)[C@@H](CCSC)NC(=O)NC1CC1. The number of carbonyl (C=O) groups excluding carboxylic acids is 2. The molecule has 0 radical (unpaired) electrons. The highest BCUT2D eigenvalue weighted by atomic mass is 32.2. The van der Waals surface area contributed by atoms with Gasteiger partial charge in [-0.15, -0.1) is 0 Å². The second-order valence-electron chi connectivity index (χ2n) is 3.75. The van der Waals surface area contributed by atoms with Gasteiger partial charge in [-0.1, -0.05) is 0 Å². The molecule has 1 aliphatic rings. The Bertz CT molecular complexity index is 256. The van der Waals surface area contributed by atoms with Crippen LogP contribution in [0.2, 0.25) is 0 Å². The van der Waals surface area contributed by atoms with E-state index >= 15 is 0 Å². The molecule has 5 nitrogen and oxygen atoms in total. The van der Waals surface area contributed by atoms with E-state index in [1.807, 2.05) is 6.26 Å². The molecule has 0 bridgehead atoms. The molecule has 1 atom stereocenters. The molecule has 2 amide bonds. The van der Waals surface area contributed by atoms with Crippen LogP contribution < -0.4 is 10.6 Å². The molecule has 2 N–H and O–H groups in total. The molecule has 92 valence electrons. The van der Waals surface area contributed by atoms with Gasteiger partial charge < -0.3 is 15.4 Å². The second kappa shape index (κ2) is 6.62. The number of methoxy groups -OCH3 is 1. The van der Waals surface area contributed by atoms with E-state index in [9.17, 15) is 9.59 Å². The quantitative estimate of drug-likeness (QED) is 0.678. The number of esters is 1. The molecule has 1 rings (SSSR count). The van der Waals surface area contributed by atoms with Crippen LogP contribution in [0.3, 0.4) is 0 Å². The third-order valence-electron chi connectivity index (χ3n) is 2.31. The van der Waals surface area contributed by atoms with Crippen LogP contribution in [0.5, 0.6) is 0 Å². The minimum Gasteiger partial charge on any atom is -0.467 e. The third kappa shape index (κ3) is 4.74. The van der Waals surface area contributed by atoms with Gasteiger partial charge in [0, 0.05) is 6.04 Å². The zero-order valence-corrected chi connectivity index (χ0v) is 10.4. The highest BCUT2D eigenvalue weighted by Crippen LogP contribution is 2.18. The summed E-state index contributed by atoms with van der Waals surface area (Å²) >= 11 is 1.63. The van der Waals surface area contributed by atoms with Gasteiger partial charge in [-0.2, -0.15) is 11.8 Å². The van der Waals surface area contributed by atoms with Crippen LogP contribution in [0.25, 0.3) is 0 Å². The first-order valence-corrected chi connectivity index (χ1v) is 6.70. The number of amides is 2. The summed E-state index contributed by atoms with van der Waals surface area (Å²) < 4.78 is 4.64. The molecule has 0 aliphatic heterocycles. The number of rotatable bonds is 6.